The highest BCUT2D eigenvalue weighted by Gasteiger charge is 2.35. The van der Waals surface area contributed by atoms with E-state index in [9.17, 15) is 14.4 Å². The number of ether oxygens (including phenoxy) is 1. The molecule has 1 aliphatic heterocycles. The van der Waals surface area contributed by atoms with Gasteiger partial charge in [0.05, 0.1) is 7.11 Å². The highest BCUT2D eigenvalue weighted by atomic mass is 35.5. The minimum atomic E-state index is -0.461. The van der Waals surface area contributed by atoms with E-state index in [2.05, 4.69) is 0 Å². The van der Waals surface area contributed by atoms with Gasteiger partial charge < -0.3 is 14.5 Å². The van der Waals surface area contributed by atoms with Crippen LogP contribution in [0.25, 0.3) is 0 Å². The van der Waals surface area contributed by atoms with Crippen molar-refractivity contribution < 1.29 is 19.1 Å². The largest absolute Gasteiger partial charge is 0.496 e. The number of methoxy groups -OCH3 is 1. The van der Waals surface area contributed by atoms with E-state index in [0.29, 0.717) is 10.8 Å². The maximum atomic E-state index is 12.3. The summed E-state index contributed by atoms with van der Waals surface area (Å²) < 4.78 is 5.24. The number of hydrogen-bond acceptors (Lipinski definition) is 4. The molecule has 7 nitrogen and oxygen atoms in total. The number of hydrogen-bond donors (Lipinski definition) is 0. The van der Waals surface area contributed by atoms with Crippen molar-refractivity contribution in [1.29, 1.82) is 0 Å². The van der Waals surface area contributed by atoms with Crippen molar-refractivity contribution in [3.05, 3.63) is 28.8 Å². The van der Waals surface area contributed by atoms with Gasteiger partial charge in [0.25, 0.3) is 5.91 Å². The van der Waals surface area contributed by atoms with Crippen LogP contribution >= 0.6 is 11.6 Å². The summed E-state index contributed by atoms with van der Waals surface area (Å²) in [6, 6.07) is 4.67. The van der Waals surface area contributed by atoms with Gasteiger partial charge in [0.1, 0.15) is 18.8 Å². The molecule has 0 N–H and O–H groups in total. The Hall–Kier alpha value is -2.28. The normalized spacial score (nSPS) is 14.4. The van der Waals surface area contributed by atoms with Crippen LogP contribution in [0.15, 0.2) is 18.2 Å². The number of benzene rings is 1. The fourth-order valence-electron chi connectivity index (χ4n) is 2.29. The molecule has 0 aliphatic carbocycles. The number of halogens is 1. The van der Waals surface area contributed by atoms with Crippen LogP contribution in [0.3, 0.4) is 0 Å². The number of carbonyl (C=O) groups is 3. The third kappa shape index (κ3) is 3.73. The summed E-state index contributed by atoms with van der Waals surface area (Å²) in [4.78, 5) is 39.4. The van der Waals surface area contributed by atoms with Crippen molar-refractivity contribution >= 4 is 29.4 Å². The third-order valence-electron chi connectivity index (χ3n) is 3.60. The monoisotopic (exact) mass is 339 g/mol. The average Bonchev–Trinajstić information content (AvgIpc) is 2.73. The van der Waals surface area contributed by atoms with Crippen molar-refractivity contribution in [3.8, 4) is 5.75 Å². The van der Waals surface area contributed by atoms with Gasteiger partial charge in [-0.25, -0.2) is 4.79 Å². The average molecular weight is 340 g/mol. The second-order valence-corrected chi connectivity index (χ2v) is 5.76. The second kappa shape index (κ2) is 6.87. The molecule has 1 aliphatic rings. The minimum Gasteiger partial charge on any atom is -0.496 e. The second-order valence-electron chi connectivity index (χ2n) is 5.32. The molecule has 0 atom stereocenters. The minimum absolute atomic E-state index is 0.00204. The Balaban J connectivity index is 2.05. The first-order valence-corrected chi connectivity index (χ1v) is 7.33. The molecule has 0 aromatic heterocycles. The molecule has 8 heteroatoms. The molecule has 0 radical (unpaired) electrons. The van der Waals surface area contributed by atoms with Crippen molar-refractivity contribution in [2.24, 2.45) is 0 Å². The Morgan fingerprint density at radius 3 is 2.65 bits per heavy atom. The summed E-state index contributed by atoms with van der Waals surface area (Å²) in [6.45, 7) is -0.0199. The molecule has 124 valence electrons. The summed E-state index contributed by atoms with van der Waals surface area (Å²) in [5.74, 6) is -0.106. The van der Waals surface area contributed by atoms with Crippen LogP contribution in [0.4, 0.5) is 4.79 Å². The van der Waals surface area contributed by atoms with Crippen LogP contribution in [0.1, 0.15) is 5.56 Å². The summed E-state index contributed by atoms with van der Waals surface area (Å²) in [7, 11) is 4.65. The Labute approximate surface area is 139 Å². The van der Waals surface area contributed by atoms with Crippen LogP contribution in [-0.2, 0) is 16.1 Å². The molecule has 0 saturated carbocycles. The van der Waals surface area contributed by atoms with Crippen molar-refractivity contribution in [2.75, 3.05) is 34.3 Å². The Bertz CT molecular complexity index is 650. The summed E-state index contributed by atoms with van der Waals surface area (Å²) >= 11 is 5.97. The van der Waals surface area contributed by atoms with E-state index in [1.807, 2.05) is 0 Å². The summed E-state index contributed by atoms with van der Waals surface area (Å²) in [5.41, 5.74) is 0.743. The van der Waals surface area contributed by atoms with Crippen LogP contribution in [0.2, 0.25) is 5.02 Å². The fraction of sp³-hybridized carbons (Fsp3) is 0.400. The van der Waals surface area contributed by atoms with E-state index < -0.39 is 6.03 Å². The van der Waals surface area contributed by atoms with Gasteiger partial charge in [-0.1, -0.05) is 11.6 Å². The van der Waals surface area contributed by atoms with Crippen LogP contribution in [-0.4, -0.2) is 66.8 Å². The van der Waals surface area contributed by atoms with Gasteiger partial charge in [-0.2, -0.15) is 0 Å². The highest BCUT2D eigenvalue weighted by Crippen LogP contribution is 2.23. The zero-order chi connectivity index (χ0) is 17.1. The molecule has 2 rings (SSSR count). The Morgan fingerprint density at radius 2 is 2.09 bits per heavy atom. The van der Waals surface area contributed by atoms with Gasteiger partial charge in [-0.05, 0) is 18.2 Å². The van der Waals surface area contributed by atoms with Gasteiger partial charge in [0.2, 0.25) is 5.91 Å². The van der Waals surface area contributed by atoms with Crippen molar-refractivity contribution in [3.63, 3.8) is 0 Å². The maximum Gasteiger partial charge on any atom is 0.327 e. The van der Waals surface area contributed by atoms with Gasteiger partial charge in [-0.15, -0.1) is 0 Å². The molecule has 1 fully saturated rings. The van der Waals surface area contributed by atoms with Gasteiger partial charge >= 0.3 is 6.03 Å². The number of amides is 4. The van der Waals surface area contributed by atoms with Gasteiger partial charge in [0, 0.05) is 31.2 Å². The zero-order valence-electron chi connectivity index (χ0n) is 13.2. The van der Waals surface area contributed by atoms with E-state index in [1.54, 1.807) is 25.2 Å². The molecule has 1 heterocycles. The van der Waals surface area contributed by atoms with Gasteiger partial charge in [0.15, 0.2) is 0 Å². The first kappa shape index (κ1) is 17.1. The molecule has 1 aromatic carbocycles. The molecule has 0 unspecified atom stereocenters. The van der Waals surface area contributed by atoms with E-state index in [0.717, 1.165) is 10.5 Å². The fourth-order valence-corrected chi connectivity index (χ4v) is 2.49. The van der Waals surface area contributed by atoms with Crippen LogP contribution in [0.5, 0.6) is 5.75 Å². The number of carbonyl (C=O) groups excluding carboxylic acids is 3. The number of nitrogens with zero attached hydrogens (tertiary/aromatic N) is 3. The van der Waals surface area contributed by atoms with Crippen molar-refractivity contribution in [1.82, 2.24) is 14.7 Å². The molecule has 0 bridgehead atoms. The molecule has 1 saturated heterocycles. The third-order valence-corrected chi connectivity index (χ3v) is 3.84. The lowest BCUT2D eigenvalue weighted by Crippen LogP contribution is -2.41. The summed E-state index contributed by atoms with van der Waals surface area (Å²) in [6.07, 6.45) is 0. The molecular weight excluding hydrogens is 322 g/mol. The quantitative estimate of drug-likeness (QED) is 0.756. The zero-order valence-corrected chi connectivity index (χ0v) is 14.0. The van der Waals surface area contributed by atoms with E-state index in [-0.39, 0.29) is 31.4 Å². The van der Waals surface area contributed by atoms with E-state index in [4.69, 9.17) is 16.3 Å². The molecule has 23 heavy (non-hydrogen) atoms. The lowest BCUT2D eigenvalue weighted by atomic mass is 10.2. The molecular formula is C15H18ClN3O4. The smallest absolute Gasteiger partial charge is 0.327 e. The molecule has 1 aromatic rings. The van der Waals surface area contributed by atoms with Gasteiger partial charge in [-0.3, -0.25) is 14.5 Å². The SMILES string of the molecule is COc1ccc(Cl)cc1CN(C)C(=O)CN1C(=O)CN(C)C1=O. The maximum absolute atomic E-state index is 12.3. The Morgan fingerprint density at radius 1 is 1.39 bits per heavy atom. The Kier molecular flexibility index (Phi) is 5.10. The lowest BCUT2D eigenvalue weighted by molar-refractivity contribution is -0.136. The molecule has 4 amide bonds. The predicted octanol–water partition coefficient (Wildman–Crippen LogP) is 1.20. The number of imide groups is 1. The standard InChI is InChI=1S/C15H18ClN3O4/c1-17(7-10-6-11(16)4-5-12(10)23-3)13(20)9-19-14(21)8-18(2)15(19)22/h4-6H,7-9H2,1-3H3. The van der Waals surface area contributed by atoms with E-state index >= 15 is 0 Å². The van der Waals surface area contributed by atoms with E-state index in [1.165, 1.54) is 24.0 Å². The van der Waals surface area contributed by atoms with Crippen LogP contribution in [0, 0.1) is 0 Å². The topological polar surface area (TPSA) is 70.2 Å². The number of likely N-dealkylation sites (N-methyl/N-ethyl adjacent to an activating group) is 2. The summed E-state index contributed by atoms with van der Waals surface area (Å²) in [5, 5.41) is 0.535. The van der Waals surface area contributed by atoms with Crippen LogP contribution < -0.4 is 4.74 Å². The predicted molar refractivity (Wildman–Crippen MR) is 84.2 cm³/mol. The number of rotatable bonds is 5. The highest BCUT2D eigenvalue weighted by molar-refractivity contribution is 6.30. The molecule has 0 spiro atoms. The lowest BCUT2D eigenvalue weighted by Gasteiger charge is -2.21. The first-order valence-electron chi connectivity index (χ1n) is 6.95. The first-order chi connectivity index (χ1) is 10.8. The van der Waals surface area contributed by atoms with Crippen molar-refractivity contribution in [2.45, 2.75) is 6.54 Å². The number of urea groups is 1.